The molecule has 0 unspecified atom stereocenters. The van der Waals surface area contributed by atoms with E-state index in [1.165, 1.54) is 0 Å². The van der Waals surface area contributed by atoms with Gasteiger partial charge in [-0.3, -0.25) is 9.59 Å². The molecule has 0 aliphatic rings. The molecular formula is C10H19NO3. The van der Waals surface area contributed by atoms with Gasteiger partial charge >= 0.3 is 5.97 Å². The molecule has 0 heterocycles. The molecule has 14 heavy (non-hydrogen) atoms. The molecule has 0 radical (unpaired) electrons. The number of nitrogens with one attached hydrogen (secondary N) is 1. The summed E-state index contributed by atoms with van der Waals surface area (Å²) in [5, 5.41) is 2.62. The van der Waals surface area contributed by atoms with E-state index in [1.54, 1.807) is 27.7 Å². The van der Waals surface area contributed by atoms with Crippen molar-refractivity contribution in [2.45, 2.75) is 34.1 Å². The lowest BCUT2D eigenvalue weighted by molar-refractivity contribution is -0.153. The van der Waals surface area contributed by atoms with Crippen LogP contribution in [-0.4, -0.2) is 25.0 Å². The fourth-order valence-electron chi connectivity index (χ4n) is 0.676. The third-order valence-corrected chi connectivity index (χ3v) is 1.59. The number of rotatable bonds is 4. The maximum Gasteiger partial charge on any atom is 0.311 e. The molecule has 0 aromatic heterocycles. The average molecular weight is 201 g/mol. The van der Waals surface area contributed by atoms with Gasteiger partial charge in [-0.15, -0.1) is 0 Å². The average Bonchev–Trinajstić information content (AvgIpc) is 2.09. The van der Waals surface area contributed by atoms with Crippen LogP contribution in [0.1, 0.15) is 34.1 Å². The topological polar surface area (TPSA) is 55.4 Å². The number of esters is 1. The number of carbonyl (C=O) groups is 2. The highest BCUT2D eigenvalue weighted by molar-refractivity contribution is 5.76. The van der Waals surface area contributed by atoms with Crippen molar-refractivity contribution < 1.29 is 14.3 Å². The molecule has 0 spiro atoms. The van der Waals surface area contributed by atoms with Gasteiger partial charge in [0.1, 0.15) is 6.61 Å². The molecule has 0 atom stereocenters. The van der Waals surface area contributed by atoms with Gasteiger partial charge in [0.05, 0.1) is 12.0 Å². The van der Waals surface area contributed by atoms with Crippen molar-refractivity contribution in [3.63, 3.8) is 0 Å². The molecule has 82 valence electrons. The lowest BCUT2D eigenvalue weighted by Crippen LogP contribution is -2.30. The Kier molecular flexibility index (Phi) is 5.20. The Bertz CT molecular complexity index is 206. The SMILES string of the molecule is CCC(=O)NCCOC(=O)C(C)(C)C. The first-order valence-corrected chi connectivity index (χ1v) is 4.82. The maximum atomic E-state index is 11.2. The Hall–Kier alpha value is -1.06. The van der Waals surface area contributed by atoms with Crippen molar-refractivity contribution in [2.75, 3.05) is 13.2 Å². The van der Waals surface area contributed by atoms with Crippen LogP contribution < -0.4 is 5.32 Å². The van der Waals surface area contributed by atoms with Gasteiger partial charge in [-0.05, 0) is 20.8 Å². The minimum Gasteiger partial charge on any atom is -0.463 e. The summed E-state index contributed by atoms with van der Waals surface area (Å²) >= 11 is 0. The minimum atomic E-state index is -0.477. The second-order valence-corrected chi connectivity index (χ2v) is 4.09. The molecule has 0 bridgehead atoms. The van der Waals surface area contributed by atoms with E-state index in [1.807, 2.05) is 0 Å². The molecule has 0 aromatic carbocycles. The highest BCUT2D eigenvalue weighted by Crippen LogP contribution is 2.14. The predicted molar refractivity (Wildman–Crippen MR) is 53.7 cm³/mol. The monoisotopic (exact) mass is 201 g/mol. The van der Waals surface area contributed by atoms with Crippen molar-refractivity contribution in [2.24, 2.45) is 5.41 Å². The van der Waals surface area contributed by atoms with Gasteiger partial charge in [-0.2, -0.15) is 0 Å². The Balaban J connectivity index is 3.56. The molecule has 4 nitrogen and oxygen atoms in total. The Labute approximate surface area is 85.0 Å². The van der Waals surface area contributed by atoms with Crippen LogP contribution in [0.4, 0.5) is 0 Å². The zero-order valence-electron chi connectivity index (χ0n) is 9.35. The normalized spacial score (nSPS) is 10.9. The van der Waals surface area contributed by atoms with E-state index in [2.05, 4.69) is 5.32 Å². The van der Waals surface area contributed by atoms with Gasteiger partial charge < -0.3 is 10.1 Å². The molecular weight excluding hydrogens is 182 g/mol. The van der Waals surface area contributed by atoms with Crippen LogP contribution >= 0.6 is 0 Å². The van der Waals surface area contributed by atoms with E-state index in [0.717, 1.165) is 0 Å². The molecule has 4 heteroatoms. The van der Waals surface area contributed by atoms with Crippen LogP contribution in [-0.2, 0) is 14.3 Å². The van der Waals surface area contributed by atoms with Crippen molar-refractivity contribution in [3.05, 3.63) is 0 Å². The first-order chi connectivity index (χ1) is 6.38. The molecule has 0 rings (SSSR count). The molecule has 0 saturated carbocycles. The van der Waals surface area contributed by atoms with Crippen molar-refractivity contribution in [3.8, 4) is 0 Å². The molecule has 0 aliphatic carbocycles. The second kappa shape index (κ2) is 5.62. The minimum absolute atomic E-state index is 0.0307. The van der Waals surface area contributed by atoms with Crippen LogP contribution in [0.2, 0.25) is 0 Å². The first-order valence-electron chi connectivity index (χ1n) is 4.82. The number of ether oxygens (including phenoxy) is 1. The number of hydrogen-bond acceptors (Lipinski definition) is 3. The summed E-state index contributed by atoms with van der Waals surface area (Å²) in [5.41, 5.74) is -0.477. The van der Waals surface area contributed by atoms with Gasteiger partial charge in [0.2, 0.25) is 5.91 Å². The van der Waals surface area contributed by atoms with E-state index < -0.39 is 5.41 Å². The number of hydrogen-bond donors (Lipinski definition) is 1. The smallest absolute Gasteiger partial charge is 0.311 e. The second-order valence-electron chi connectivity index (χ2n) is 4.09. The van der Waals surface area contributed by atoms with Crippen molar-refractivity contribution in [1.29, 1.82) is 0 Å². The largest absolute Gasteiger partial charge is 0.463 e. The van der Waals surface area contributed by atoms with Gasteiger partial charge in [-0.25, -0.2) is 0 Å². The van der Waals surface area contributed by atoms with E-state index in [9.17, 15) is 9.59 Å². The summed E-state index contributed by atoms with van der Waals surface area (Å²) < 4.78 is 4.95. The van der Waals surface area contributed by atoms with Crippen LogP contribution in [0, 0.1) is 5.41 Å². The van der Waals surface area contributed by atoms with E-state index in [4.69, 9.17) is 4.74 Å². The summed E-state index contributed by atoms with van der Waals surface area (Å²) in [6.45, 7) is 7.77. The summed E-state index contributed by atoms with van der Waals surface area (Å²) in [6.07, 6.45) is 0.452. The summed E-state index contributed by atoms with van der Waals surface area (Å²) in [7, 11) is 0. The van der Waals surface area contributed by atoms with E-state index in [0.29, 0.717) is 13.0 Å². The highest BCUT2D eigenvalue weighted by atomic mass is 16.5. The molecule has 0 aromatic rings. The predicted octanol–water partition coefficient (Wildman–Crippen LogP) is 1.10. The van der Waals surface area contributed by atoms with Gasteiger partial charge in [-0.1, -0.05) is 6.92 Å². The first kappa shape index (κ1) is 12.9. The van der Waals surface area contributed by atoms with Crippen LogP contribution in [0.15, 0.2) is 0 Å². The molecule has 1 amide bonds. The van der Waals surface area contributed by atoms with Gasteiger partial charge in [0.15, 0.2) is 0 Å². The zero-order valence-corrected chi connectivity index (χ0v) is 9.35. The third kappa shape index (κ3) is 5.56. The van der Waals surface area contributed by atoms with Gasteiger partial charge in [0.25, 0.3) is 0 Å². The van der Waals surface area contributed by atoms with Crippen LogP contribution in [0.3, 0.4) is 0 Å². The Morgan fingerprint density at radius 3 is 2.29 bits per heavy atom. The summed E-state index contributed by atoms with van der Waals surface area (Å²) in [5.74, 6) is -0.278. The molecule has 0 aliphatic heterocycles. The molecule has 1 N–H and O–H groups in total. The van der Waals surface area contributed by atoms with E-state index >= 15 is 0 Å². The fraction of sp³-hybridized carbons (Fsp3) is 0.800. The number of carbonyl (C=O) groups excluding carboxylic acids is 2. The highest BCUT2D eigenvalue weighted by Gasteiger charge is 2.22. The summed E-state index contributed by atoms with van der Waals surface area (Å²) in [4.78, 5) is 22.0. The standard InChI is InChI=1S/C10H19NO3/c1-5-8(12)11-6-7-14-9(13)10(2,3)4/h5-7H2,1-4H3,(H,11,12). The fourth-order valence-corrected chi connectivity index (χ4v) is 0.676. The molecule has 0 fully saturated rings. The Morgan fingerprint density at radius 2 is 1.86 bits per heavy atom. The Morgan fingerprint density at radius 1 is 1.29 bits per heavy atom. The maximum absolute atomic E-state index is 11.2. The van der Waals surface area contributed by atoms with Gasteiger partial charge in [0, 0.05) is 6.42 Å². The zero-order chi connectivity index (χ0) is 11.2. The quantitative estimate of drug-likeness (QED) is 0.547. The summed E-state index contributed by atoms with van der Waals surface area (Å²) in [6, 6.07) is 0. The van der Waals surface area contributed by atoms with E-state index in [-0.39, 0.29) is 18.5 Å². The van der Waals surface area contributed by atoms with Crippen molar-refractivity contribution >= 4 is 11.9 Å². The van der Waals surface area contributed by atoms with Crippen LogP contribution in [0.25, 0.3) is 0 Å². The molecule has 0 saturated heterocycles. The van der Waals surface area contributed by atoms with Crippen molar-refractivity contribution in [1.82, 2.24) is 5.32 Å². The van der Waals surface area contributed by atoms with Crippen LogP contribution in [0.5, 0.6) is 0 Å². The third-order valence-electron chi connectivity index (χ3n) is 1.59. The lowest BCUT2D eigenvalue weighted by atomic mass is 9.97. The lowest BCUT2D eigenvalue weighted by Gasteiger charge is -2.16. The number of amides is 1.